The molecule has 6 nitrogen and oxygen atoms in total. The van der Waals surface area contributed by atoms with Gasteiger partial charge in [-0.3, -0.25) is 9.69 Å². The summed E-state index contributed by atoms with van der Waals surface area (Å²) < 4.78 is 17.3. The van der Waals surface area contributed by atoms with E-state index < -0.39 is 0 Å². The number of nitrogens with one attached hydrogen (secondary N) is 1. The molecule has 1 atom stereocenters. The van der Waals surface area contributed by atoms with Gasteiger partial charge in [-0.1, -0.05) is 36.4 Å². The van der Waals surface area contributed by atoms with Crippen molar-refractivity contribution in [3.05, 3.63) is 66.1 Å². The van der Waals surface area contributed by atoms with Crippen molar-refractivity contribution < 1.29 is 18.7 Å². The number of nitrogens with zero attached hydrogens (tertiary/aromatic N) is 1. The quantitative estimate of drug-likeness (QED) is 0.526. The first-order valence-electron chi connectivity index (χ1n) is 11.0. The van der Waals surface area contributed by atoms with Gasteiger partial charge in [0.25, 0.3) is 0 Å². The second-order valence-electron chi connectivity index (χ2n) is 7.85. The van der Waals surface area contributed by atoms with Crippen molar-refractivity contribution in [2.45, 2.75) is 25.8 Å². The number of amides is 1. The van der Waals surface area contributed by atoms with Crippen LogP contribution >= 0.6 is 0 Å². The summed E-state index contributed by atoms with van der Waals surface area (Å²) in [6.07, 6.45) is 1.09. The Hall–Kier alpha value is -2.83. The molecular weight excluding hydrogens is 392 g/mol. The molecule has 1 unspecified atom stereocenters. The van der Waals surface area contributed by atoms with Gasteiger partial charge in [0.15, 0.2) is 0 Å². The predicted octanol–water partition coefficient (Wildman–Crippen LogP) is 4.09. The summed E-state index contributed by atoms with van der Waals surface area (Å²) in [7, 11) is 0. The van der Waals surface area contributed by atoms with Crippen LogP contribution in [-0.2, 0) is 9.53 Å². The van der Waals surface area contributed by atoms with Crippen molar-refractivity contribution in [1.82, 2.24) is 10.2 Å². The number of furan rings is 1. The molecule has 1 aromatic heterocycles. The van der Waals surface area contributed by atoms with Gasteiger partial charge < -0.3 is 19.2 Å². The number of morpholine rings is 1. The molecule has 6 heteroatoms. The monoisotopic (exact) mass is 422 g/mol. The fourth-order valence-corrected chi connectivity index (χ4v) is 3.97. The van der Waals surface area contributed by atoms with E-state index in [1.165, 1.54) is 0 Å². The third-order valence-electron chi connectivity index (χ3n) is 5.62. The molecule has 1 N–H and O–H groups in total. The van der Waals surface area contributed by atoms with Gasteiger partial charge in [0.2, 0.25) is 5.91 Å². The van der Waals surface area contributed by atoms with Gasteiger partial charge in [0, 0.05) is 31.4 Å². The van der Waals surface area contributed by atoms with E-state index in [1.54, 1.807) is 0 Å². The Labute approximate surface area is 183 Å². The number of ether oxygens (including phenoxy) is 2. The van der Waals surface area contributed by atoms with Crippen molar-refractivity contribution in [2.75, 3.05) is 39.5 Å². The lowest BCUT2D eigenvalue weighted by molar-refractivity contribution is -0.121. The van der Waals surface area contributed by atoms with E-state index in [4.69, 9.17) is 13.9 Å². The van der Waals surface area contributed by atoms with Crippen LogP contribution in [0.2, 0.25) is 0 Å². The highest BCUT2D eigenvalue weighted by Crippen LogP contribution is 2.25. The van der Waals surface area contributed by atoms with Crippen molar-refractivity contribution >= 4 is 16.7 Å². The first-order chi connectivity index (χ1) is 15.2. The topological polar surface area (TPSA) is 63.9 Å². The lowest BCUT2D eigenvalue weighted by Gasteiger charge is -2.33. The van der Waals surface area contributed by atoms with E-state index in [0.717, 1.165) is 41.1 Å². The summed E-state index contributed by atoms with van der Waals surface area (Å²) >= 11 is 0. The van der Waals surface area contributed by atoms with Crippen LogP contribution in [0.4, 0.5) is 0 Å². The summed E-state index contributed by atoms with van der Waals surface area (Å²) in [5, 5.41) is 5.33. The van der Waals surface area contributed by atoms with E-state index >= 15 is 0 Å². The number of benzene rings is 2. The second kappa shape index (κ2) is 10.5. The van der Waals surface area contributed by atoms with Gasteiger partial charge in [0.05, 0.1) is 25.9 Å². The lowest BCUT2D eigenvalue weighted by Crippen LogP contribution is -2.43. The third-order valence-corrected chi connectivity index (χ3v) is 5.62. The Bertz CT molecular complexity index is 989. The van der Waals surface area contributed by atoms with Gasteiger partial charge in [-0.15, -0.1) is 0 Å². The van der Waals surface area contributed by atoms with Crippen LogP contribution < -0.4 is 10.1 Å². The van der Waals surface area contributed by atoms with Crippen molar-refractivity contribution in [3.63, 3.8) is 0 Å². The average molecular weight is 423 g/mol. The first-order valence-corrected chi connectivity index (χ1v) is 11.0. The summed E-state index contributed by atoms with van der Waals surface area (Å²) in [6, 6.07) is 18.2. The van der Waals surface area contributed by atoms with Crippen molar-refractivity contribution in [1.29, 1.82) is 0 Å². The Kier molecular flexibility index (Phi) is 7.22. The van der Waals surface area contributed by atoms with E-state index in [1.807, 2.05) is 43.3 Å². The molecule has 31 heavy (non-hydrogen) atoms. The summed E-state index contributed by atoms with van der Waals surface area (Å²) in [6.45, 7) is 6.04. The first kappa shape index (κ1) is 21.4. The maximum Gasteiger partial charge on any atom is 0.220 e. The van der Waals surface area contributed by atoms with Crippen LogP contribution in [0.1, 0.15) is 30.4 Å². The number of hydrogen-bond acceptors (Lipinski definition) is 5. The number of aryl methyl sites for hydroxylation is 1. The molecule has 2 heterocycles. The van der Waals surface area contributed by atoms with Crippen molar-refractivity contribution in [2.24, 2.45) is 0 Å². The highest BCUT2D eigenvalue weighted by atomic mass is 16.5. The van der Waals surface area contributed by atoms with Crippen LogP contribution in [0.15, 0.2) is 59.0 Å². The van der Waals surface area contributed by atoms with Gasteiger partial charge in [0.1, 0.15) is 17.3 Å². The maximum absolute atomic E-state index is 12.5. The fourth-order valence-electron chi connectivity index (χ4n) is 3.97. The van der Waals surface area contributed by atoms with Gasteiger partial charge in [-0.2, -0.15) is 0 Å². The molecule has 0 spiro atoms. The SMILES string of the molecule is Cc1ccc(C(CNC(=O)CCCOc2cccc3ccccc23)N2CCOCC2)o1. The maximum atomic E-state index is 12.5. The highest BCUT2D eigenvalue weighted by Gasteiger charge is 2.25. The molecule has 0 radical (unpaired) electrons. The molecule has 1 aliphatic heterocycles. The number of fused-ring (bicyclic) bond motifs is 1. The van der Waals surface area contributed by atoms with Gasteiger partial charge in [-0.25, -0.2) is 0 Å². The molecule has 164 valence electrons. The molecule has 0 saturated carbocycles. The van der Waals surface area contributed by atoms with Crippen LogP contribution in [0.25, 0.3) is 10.8 Å². The molecule has 1 amide bonds. The van der Waals surface area contributed by atoms with Crippen LogP contribution in [-0.4, -0.2) is 50.3 Å². The normalized spacial score (nSPS) is 15.6. The number of carbonyl (C=O) groups excluding carboxylic acids is 1. The van der Waals surface area contributed by atoms with Crippen molar-refractivity contribution in [3.8, 4) is 5.75 Å². The zero-order valence-electron chi connectivity index (χ0n) is 18.0. The minimum Gasteiger partial charge on any atom is -0.493 e. The van der Waals surface area contributed by atoms with E-state index in [2.05, 4.69) is 28.4 Å². The molecule has 0 bridgehead atoms. The average Bonchev–Trinajstić information content (AvgIpc) is 3.23. The molecule has 2 aromatic carbocycles. The van der Waals surface area contributed by atoms with Gasteiger partial charge in [-0.05, 0) is 36.9 Å². The minimum absolute atomic E-state index is 0.0217. The van der Waals surface area contributed by atoms with E-state index in [-0.39, 0.29) is 11.9 Å². The Morgan fingerprint density at radius 1 is 1.10 bits per heavy atom. The third kappa shape index (κ3) is 5.66. The fraction of sp³-hybridized carbons (Fsp3) is 0.400. The predicted molar refractivity (Wildman–Crippen MR) is 120 cm³/mol. The number of rotatable bonds is 9. The summed E-state index contributed by atoms with van der Waals surface area (Å²) in [4.78, 5) is 14.8. The number of carbonyl (C=O) groups is 1. The molecule has 1 fully saturated rings. The largest absolute Gasteiger partial charge is 0.493 e. The molecule has 4 rings (SSSR count). The molecule has 3 aromatic rings. The standard InChI is InChI=1S/C25H30N2O4/c1-19-11-12-24(31-19)22(27-13-16-29-17-14-27)18-26-25(28)10-5-15-30-23-9-4-7-20-6-2-3-8-21(20)23/h2-4,6-9,11-12,22H,5,10,13-18H2,1H3,(H,26,28). The summed E-state index contributed by atoms with van der Waals surface area (Å²) in [5.41, 5.74) is 0. The highest BCUT2D eigenvalue weighted by molar-refractivity contribution is 5.88. The molecule has 0 aliphatic carbocycles. The zero-order chi connectivity index (χ0) is 21.5. The Morgan fingerprint density at radius 3 is 2.71 bits per heavy atom. The summed E-state index contributed by atoms with van der Waals surface area (Å²) in [5.74, 6) is 2.66. The Balaban J connectivity index is 1.25. The van der Waals surface area contributed by atoms with E-state index in [9.17, 15) is 4.79 Å². The van der Waals surface area contributed by atoms with Gasteiger partial charge >= 0.3 is 0 Å². The van der Waals surface area contributed by atoms with Crippen LogP contribution in [0, 0.1) is 6.92 Å². The van der Waals surface area contributed by atoms with Crippen LogP contribution in [0.5, 0.6) is 5.75 Å². The minimum atomic E-state index is 0.0217. The molecular formula is C25H30N2O4. The van der Waals surface area contributed by atoms with Crippen LogP contribution in [0.3, 0.4) is 0 Å². The lowest BCUT2D eigenvalue weighted by atomic mass is 10.1. The zero-order valence-corrected chi connectivity index (χ0v) is 18.0. The molecule has 1 saturated heterocycles. The second-order valence-corrected chi connectivity index (χ2v) is 7.85. The number of hydrogen-bond donors (Lipinski definition) is 1. The molecule has 1 aliphatic rings. The Morgan fingerprint density at radius 2 is 1.90 bits per heavy atom. The van der Waals surface area contributed by atoms with E-state index in [0.29, 0.717) is 39.2 Å². The smallest absolute Gasteiger partial charge is 0.220 e.